The summed E-state index contributed by atoms with van der Waals surface area (Å²) in [5.74, 6) is 1.96. The predicted octanol–water partition coefficient (Wildman–Crippen LogP) is 4.15. The summed E-state index contributed by atoms with van der Waals surface area (Å²) in [6.07, 6.45) is 8.83. The molecule has 1 fully saturated rings. The molecule has 1 aliphatic carbocycles. The minimum Gasteiger partial charge on any atom is -0.353 e. The van der Waals surface area contributed by atoms with Crippen molar-refractivity contribution in [2.75, 3.05) is 5.32 Å². The Kier molecular flexibility index (Phi) is 4.31. The molecule has 1 heterocycles. The molecule has 0 bridgehead atoms. The molecule has 1 saturated carbocycles. The number of aromatic nitrogens is 2. The molecule has 2 unspecified atom stereocenters. The van der Waals surface area contributed by atoms with Gasteiger partial charge in [0.2, 0.25) is 5.95 Å². The molecule has 1 aromatic rings. The van der Waals surface area contributed by atoms with Crippen LogP contribution in [0.2, 0.25) is 0 Å². The average Bonchev–Trinajstić information content (AvgIpc) is 2.70. The summed E-state index contributed by atoms with van der Waals surface area (Å²) < 4.78 is 2.25. The van der Waals surface area contributed by atoms with Gasteiger partial charge in [-0.05, 0) is 39.5 Å². The Morgan fingerprint density at radius 2 is 2.22 bits per heavy atom. The number of nitrogens with one attached hydrogen (secondary N) is 1. The molecule has 0 saturated heterocycles. The Bertz CT molecular complexity index is 381. The van der Waals surface area contributed by atoms with Gasteiger partial charge in [0.25, 0.3) is 0 Å². The van der Waals surface area contributed by atoms with E-state index in [2.05, 4.69) is 48.8 Å². The maximum absolute atomic E-state index is 4.63. The van der Waals surface area contributed by atoms with Crippen LogP contribution >= 0.6 is 0 Å². The maximum atomic E-state index is 4.63. The van der Waals surface area contributed by atoms with Crippen molar-refractivity contribution in [2.45, 2.75) is 71.9 Å². The lowest BCUT2D eigenvalue weighted by Gasteiger charge is -2.29. The van der Waals surface area contributed by atoms with Gasteiger partial charge in [0.1, 0.15) is 0 Å². The van der Waals surface area contributed by atoms with E-state index >= 15 is 0 Å². The van der Waals surface area contributed by atoms with Crippen molar-refractivity contribution >= 4 is 5.95 Å². The fraction of sp³-hybridized carbons (Fsp3) is 0.800. The van der Waals surface area contributed by atoms with Crippen molar-refractivity contribution in [1.29, 1.82) is 0 Å². The van der Waals surface area contributed by atoms with Crippen LogP contribution in [0.15, 0.2) is 6.20 Å². The maximum Gasteiger partial charge on any atom is 0.203 e. The van der Waals surface area contributed by atoms with Crippen LogP contribution in [0.1, 0.15) is 64.6 Å². The van der Waals surface area contributed by atoms with Crippen molar-refractivity contribution in [3.63, 3.8) is 0 Å². The molecule has 0 amide bonds. The fourth-order valence-electron chi connectivity index (χ4n) is 2.99. The van der Waals surface area contributed by atoms with E-state index in [1.807, 2.05) is 0 Å². The first kappa shape index (κ1) is 13.4. The Morgan fingerprint density at radius 3 is 2.89 bits per heavy atom. The van der Waals surface area contributed by atoms with Crippen molar-refractivity contribution in [3.8, 4) is 0 Å². The molecular weight excluding hydrogens is 222 g/mol. The minimum absolute atomic E-state index is 0.472. The number of rotatable bonds is 4. The molecule has 1 N–H and O–H groups in total. The van der Waals surface area contributed by atoms with Gasteiger partial charge in [-0.3, -0.25) is 0 Å². The van der Waals surface area contributed by atoms with Crippen LogP contribution in [-0.4, -0.2) is 15.6 Å². The van der Waals surface area contributed by atoms with Gasteiger partial charge >= 0.3 is 0 Å². The third-order valence-corrected chi connectivity index (χ3v) is 4.10. The molecule has 0 aromatic carbocycles. The van der Waals surface area contributed by atoms with Crippen molar-refractivity contribution in [1.82, 2.24) is 9.55 Å². The van der Waals surface area contributed by atoms with E-state index in [0.29, 0.717) is 12.1 Å². The van der Waals surface area contributed by atoms with Crippen LogP contribution in [0.25, 0.3) is 0 Å². The van der Waals surface area contributed by atoms with E-state index in [0.717, 1.165) is 17.6 Å². The lowest BCUT2D eigenvalue weighted by Crippen LogP contribution is -2.28. The topological polar surface area (TPSA) is 29.9 Å². The van der Waals surface area contributed by atoms with Crippen molar-refractivity contribution in [2.24, 2.45) is 5.92 Å². The van der Waals surface area contributed by atoms with Crippen LogP contribution in [0.4, 0.5) is 5.95 Å². The highest BCUT2D eigenvalue weighted by Crippen LogP contribution is 2.29. The standard InChI is InChI=1S/C15H27N3/c1-5-13-7-6-8-14(9-13)17-15-16-12(4)10-18(15)11(2)3/h10-11,13-14H,5-9H2,1-4H3,(H,16,17). The molecule has 0 radical (unpaired) electrons. The van der Waals surface area contributed by atoms with Gasteiger partial charge in [0, 0.05) is 18.3 Å². The Labute approximate surface area is 111 Å². The predicted molar refractivity (Wildman–Crippen MR) is 77.0 cm³/mol. The summed E-state index contributed by atoms with van der Waals surface area (Å²) in [4.78, 5) is 4.63. The third-order valence-electron chi connectivity index (χ3n) is 4.10. The fourth-order valence-corrected chi connectivity index (χ4v) is 2.99. The smallest absolute Gasteiger partial charge is 0.203 e. The zero-order chi connectivity index (χ0) is 13.1. The van der Waals surface area contributed by atoms with E-state index < -0.39 is 0 Å². The quantitative estimate of drug-likeness (QED) is 0.868. The minimum atomic E-state index is 0.472. The molecule has 1 aliphatic rings. The summed E-state index contributed by atoms with van der Waals surface area (Å²) in [6.45, 7) is 8.80. The molecule has 0 aliphatic heterocycles. The second-order valence-electron chi connectivity index (χ2n) is 5.99. The molecule has 1 aromatic heterocycles. The monoisotopic (exact) mass is 249 g/mol. The summed E-state index contributed by atoms with van der Waals surface area (Å²) in [5.41, 5.74) is 1.11. The zero-order valence-electron chi connectivity index (χ0n) is 12.2. The van der Waals surface area contributed by atoms with E-state index in [1.54, 1.807) is 0 Å². The normalized spacial score (nSPS) is 24.5. The van der Waals surface area contributed by atoms with E-state index in [4.69, 9.17) is 0 Å². The summed E-state index contributed by atoms with van der Waals surface area (Å²) in [7, 11) is 0. The van der Waals surface area contributed by atoms with Crippen LogP contribution in [0.3, 0.4) is 0 Å². The number of aryl methyl sites for hydroxylation is 1. The zero-order valence-corrected chi connectivity index (χ0v) is 12.2. The number of nitrogens with zero attached hydrogens (tertiary/aromatic N) is 2. The molecule has 18 heavy (non-hydrogen) atoms. The van der Waals surface area contributed by atoms with Gasteiger partial charge < -0.3 is 9.88 Å². The van der Waals surface area contributed by atoms with Crippen LogP contribution < -0.4 is 5.32 Å². The lowest BCUT2D eigenvalue weighted by atomic mass is 9.84. The highest BCUT2D eigenvalue weighted by Gasteiger charge is 2.22. The van der Waals surface area contributed by atoms with E-state index in [9.17, 15) is 0 Å². The molecule has 2 rings (SSSR count). The largest absolute Gasteiger partial charge is 0.353 e. The Balaban J connectivity index is 2.04. The molecule has 3 nitrogen and oxygen atoms in total. The average molecular weight is 249 g/mol. The SMILES string of the molecule is CCC1CCCC(Nc2nc(C)cn2C(C)C)C1. The number of imidazole rings is 1. The molecule has 2 atom stereocenters. The number of anilines is 1. The van der Waals surface area contributed by atoms with Gasteiger partial charge in [-0.1, -0.05) is 26.2 Å². The molecule has 3 heteroatoms. The van der Waals surface area contributed by atoms with Crippen LogP contribution in [0, 0.1) is 12.8 Å². The highest BCUT2D eigenvalue weighted by molar-refractivity contribution is 5.31. The first-order valence-corrected chi connectivity index (χ1v) is 7.42. The second kappa shape index (κ2) is 5.77. The Hall–Kier alpha value is -0.990. The summed E-state index contributed by atoms with van der Waals surface area (Å²) in [6, 6.07) is 1.09. The van der Waals surface area contributed by atoms with Gasteiger partial charge in [-0.25, -0.2) is 4.98 Å². The van der Waals surface area contributed by atoms with Gasteiger partial charge in [0.15, 0.2) is 0 Å². The second-order valence-corrected chi connectivity index (χ2v) is 5.99. The molecule has 102 valence electrons. The van der Waals surface area contributed by atoms with Gasteiger partial charge in [0.05, 0.1) is 5.69 Å². The van der Waals surface area contributed by atoms with Crippen molar-refractivity contribution in [3.05, 3.63) is 11.9 Å². The van der Waals surface area contributed by atoms with Crippen LogP contribution in [0.5, 0.6) is 0 Å². The summed E-state index contributed by atoms with van der Waals surface area (Å²) in [5, 5.41) is 3.67. The lowest BCUT2D eigenvalue weighted by molar-refractivity contribution is 0.326. The van der Waals surface area contributed by atoms with E-state index in [-0.39, 0.29) is 0 Å². The first-order valence-electron chi connectivity index (χ1n) is 7.42. The molecular formula is C15H27N3. The van der Waals surface area contributed by atoms with E-state index in [1.165, 1.54) is 32.1 Å². The highest BCUT2D eigenvalue weighted by atomic mass is 15.2. The van der Waals surface area contributed by atoms with Crippen molar-refractivity contribution < 1.29 is 0 Å². The van der Waals surface area contributed by atoms with Crippen LogP contribution in [-0.2, 0) is 0 Å². The molecule has 0 spiro atoms. The first-order chi connectivity index (χ1) is 8.60. The third kappa shape index (κ3) is 3.06. The number of hydrogen-bond donors (Lipinski definition) is 1. The number of hydrogen-bond acceptors (Lipinski definition) is 2. The Morgan fingerprint density at radius 1 is 1.44 bits per heavy atom. The van der Waals surface area contributed by atoms with Gasteiger partial charge in [-0.15, -0.1) is 0 Å². The van der Waals surface area contributed by atoms with Gasteiger partial charge in [-0.2, -0.15) is 0 Å². The summed E-state index contributed by atoms with van der Waals surface area (Å²) >= 11 is 0.